The Morgan fingerprint density at radius 3 is 2.68 bits per heavy atom. The van der Waals surface area contributed by atoms with Gasteiger partial charge in [0.2, 0.25) is 5.91 Å². The van der Waals surface area contributed by atoms with E-state index in [-0.39, 0.29) is 5.91 Å². The highest BCUT2D eigenvalue weighted by molar-refractivity contribution is 8.01. The fourth-order valence-corrected chi connectivity index (χ4v) is 2.79. The van der Waals surface area contributed by atoms with E-state index in [1.807, 2.05) is 24.3 Å². The largest absolute Gasteiger partial charge is 0.325 e. The number of carbonyl (C=O) groups excluding carboxylic acids is 1. The van der Waals surface area contributed by atoms with Crippen molar-refractivity contribution in [3.63, 3.8) is 0 Å². The molecule has 1 heterocycles. The van der Waals surface area contributed by atoms with Gasteiger partial charge in [-0.1, -0.05) is 49.1 Å². The summed E-state index contributed by atoms with van der Waals surface area (Å²) in [6, 6.07) is 7.95. The second-order valence-electron chi connectivity index (χ2n) is 4.32. The van der Waals surface area contributed by atoms with Crippen molar-refractivity contribution in [2.24, 2.45) is 0 Å². The highest BCUT2D eigenvalue weighted by atomic mass is 32.2. The number of anilines is 1. The zero-order valence-corrected chi connectivity index (χ0v) is 12.4. The topological polar surface area (TPSA) is 54.9 Å². The minimum absolute atomic E-state index is 0.0301. The van der Waals surface area contributed by atoms with E-state index in [1.54, 1.807) is 5.51 Å². The molecule has 0 aliphatic carbocycles. The number of benzene rings is 1. The minimum Gasteiger partial charge on any atom is -0.325 e. The van der Waals surface area contributed by atoms with Gasteiger partial charge in [0.05, 0.1) is 5.75 Å². The molecule has 4 nitrogen and oxygen atoms in total. The fraction of sp³-hybridized carbons (Fsp3) is 0.308. The third-order valence-corrected chi connectivity index (χ3v) is 4.39. The maximum absolute atomic E-state index is 11.8. The molecule has 0 bridgehead atoms. The summed E-state index contributed by atoms with van der Waals surface area (Å²) in [5.74, 6) is 0.816. The van der Waals surface area contributed by atoms with Crippen LogP contribution >= 0.6 is 23.1 Å². The van der Waals surface area contributed by atoms with Gasteiger partial charge >= 0.3 is 0 Å². The first-order valence-corrected chi connectivity index (χ1v) is 7.80. The van der Waals surface area contributed by atoms with Crippen LogP contribution in [-0.2, 0) is 4.79 Å². The van der Waals surface area contributed by atoms with E-state index in [0.717, 1.165) is 10.0 Å². The van der Waals surface area contributed by atoms with Gasteiger partial charge in [0.25, 0.3) is 0 Å². The van der Waals surface area contributed by atoms with Crippen LogP contribution in [0, 0.1) is 0 Å². The molecule has 1 N–H and O–H groups in total. The van der Waals surface area contributed by atoms with Crippen LogP contribution in [0.2, 0.25) is 0 Å². The maximum atomic E-state index is 11.8. The predicted octanol–water partition coefficient (Wildman–Crippen LogP) is 3.39. The Hall–Kier alpha value is -1.40. The SMILES string of the molecule is CC(C)c1ccc(NC(=O)CSc2nncs2)cc1. The first kappa shape index (κ1) is 14.0. The van der Waals surface area contributed by atoms with Crippen molar-refractivity contribution in [2.45, 2.75) is 24.1 Å². The lowest BCUT2D eigenvalue weighted by molar-refractivity contribution is -0.113. The second-order valence-corrected chi connectivity index (χ2v) is 6.37. The number of amides is 1. The highest BCUT2D eigenvalue weighted by Gasteiger charge is 2.06. The van der Waals surface area contributed by atoms with Gasteiger partial charge in [-0.25, -0.2) is 0 Å². The number of hydrogen-bond acceptors (Lipinski definition) is 5. The van der Waals surface area contributed by atoms with Gasteiger partial charge in [-0.3, -0.25) is 4.79 Å². The van der Waals surface area contributed by atoms with Gasteiger partial charge in [0.15, 0.2) is 4.34 Å². The van der Waals surface area contributed by atoms with E-state index < -0.39 is 0 Å². The minimum atomic E-state index is -0.0301. The van der Waals surface area contributed by atoms with Crippen LogP contribution in [0.15, 0.2) is 34.1 Å². The molecular formula is C13H15N3OS2. The number of hydrogen-bond donors (Lipinski definition) is 1. The van der Waals surface area contributed by atoms with Crippen LogP contribution in [-0.4, -0.2) is 21.9 Å². The molecule has 2 aromatic rings. The predicted molar refractivity (Wildman–Crippen MR) is 79.8 cm³/mol. The molecule has 1 aromatic carbocycles. The smallest absolute Gasteiger partial charge is 0.234 e. The zero-order chi connectivity index (χ0) is 13.7. The van der Waals surface area contributed by atoms with Gasteiger partial charge in [-0.15, -0.1) is 10.2 Å². The Morgan fingerprint density at radius 2 is 2.11 bits per heavy atom. The molecule has 2 rings (SSSR count). The van der Waals surface area contributed by atoms with Crippen LogP contribution in [0.5, 0.6) is 0 Å². The van der Waals surface area contributed by atoms with E-state index in [0.29, 0.717) is 11.7 Å². The maximum Gasteiger partial charge on any atom is 0.234 e. The van der Waals surface area contributed by atoms with Crippen molar-refractivity contribution in [3.05, 3.63) is 35.3 Å². The number of thioether (sulfide) groups is 1. The summed E-state index contributed by atoms with van der Waals surface area (Å²) in [5.41, 5.74) is 3.75. The second kappa shape index (κ2) is 6.68. The van der Waals surface area contributed by atoms with Gasteiger partial charge in [-0.05, 0) is 23.6 Å². The van der Waals surface area contributed by atoms with Gasteiger partial charge < -0.3 is 5.32 Å². The lowest BCUT2D eigenvalue weighted by atomic mass is 10.0. The molecule has 0 saturated carbocycles. The van der Waals surface area contributed by atoms with Crippen molar-refractivity contribution in [2.75, 3.05) is 11.1 Å². The van der Waals surface area contributed by atoms with Crippen molar-refractivity contribution in [1.29, 1.82) is 0 Å². The monoisotopic (exact) mass is 293 g/mol. The van der Waals surface area contributed by atoms with Crippen LogP contribution in [0.25, 0.3) is 0 Å². The third-order valence-electron chi connectivity index (χ3n) is 2.53. The van der Waals surface area contributed by atoms with E-state index in [1.165, 1.54) is 28.7 Å². The number of nitrogens with one attached hydrogen (secondary N) is 1. The fourth-order valence-electron chi connectivity index (χ4n) is 1.50. The molecule has 0 radical (unpaired) electrons. The van der Waals surface area contributed by atoms with Crippen molar-refractivity contribution < 1.29 is 4.79 Å². The van der Waals surface area contributed by atoms with E-state index in [9.17, 15) is 4.79 Å². The number of nitrogens with zero attached hydrogens (tertiary/aromatic N) is 2. The van der Waals surface area contributed by atoms with Crippen LogP contribution in [0.3, 0.4) is 0 Å². The molecular weight excluding hydrogens is 278 g/mol. The lowest BCUT2D eigenvalue weighted by Gasteiger charge is -2.08. The Kier molecular flexibility index (Phi) is 4.93. The molecule has 0 aliphatic rings. The molecule has 0 unspecified atom stereocenters. The quantitative estimate of drug-likeness (QED) is 0.859. The molecule has 0 saturated heterocycles. The van der Waals surface area contributed by atoms with Crippen LogP contribution in [0.1, 0.15) is 25.3 Å². The number of rotatable bonds is 5. The normalized spacial score (nSPS) is 10.7. The first-order valence-electron chi connectivity index (χ1n) is 5.94. The molecule has 19 heavy (non-hydrogen) atoms. The molecule has 1 aromatic heterocycles. The van der Waals surface area contributed by atoms with Gasteiger partial charge in [0.1, 0.15) is 5.51 Å². The van der Waals surface area contributed by atoms with Crippen molar-refractivity contribution in [1.82, 2.24) is 10.2 Å². The summed E-state index contributed by atoms with van der Waals surface area (Å²) < 4.78 is 0.810. The summed E-state index contributed by atoms with van der Waals surface area (Å²) in [4.78, 5) is 11.8. The van der Waals surface area contributed by atoms with Crippen molar-refractivity contribution >= 4 is 34.7 Å². The standard InChI is InChI=1S/C13H15N3OS2/c1-9(2)10-3-5-11(6-4-10)15-12(17)7-18-13-16-14-8-19-13/h3-6,8-9H,7H2,1-2H3,(H,15,17). The summed E-state index contributed by atoms with van der Waals surface area (Å²) in [7, 11) is 0. The Morgan fingerprint density at radius 1 is 1.37 bits per heavy atom. The summed E-state index contributed by atoms with van der Waals surface area (Å²) >= 11 is 2.83. The summed E-state index contributed by atoms with van der Waals surface area (Å²) in [6.45, 7) is 4.29. The molecule has 0 aliphatic heterocycles. The summed E-state index contributed by atoms with van der Waals surface area (Å²) in [5, 5.41) is 10.5. The van der Waals surface area contributed by atoms with Gasteiger partial charge in [0, 0.05) is 5.69 Å². The van der Waals surface area contributed by atoms with Crippen molar-refractivity contribution in [3.8, 4) is 0 Å². The van der Waals surface area contributed by atoms with E-state index in [2.05, 4.69) is 29.4 Å². The summed E-state index contributed by atoms with van der Waals surface area (Å²) in [6.07, 6.45) is 0. The first-order chi connectivity index (χ1) is 9.15. The molecule has 6 heteroatoms. The lowest BCUT2D eigenvalue weighted by Crippen LogP contribution is -2.13. The third kappa shape index (κ3) is 4.33. The van der Waals surface area contributed by atoms with E-state index in [4.69, 9.17) is 0 Å². The average Bonchev–Trinajstić information content (AvgIpc) is 2.90. The molecule has 100 valence electrons. The molecule has 0 atom stereocenters. The molecule has 0 spiro atoms. The van der Waals surface area contributed by atoms with E-state index >= 15 is 0 Å². The molecule has 1 amide bonds. The highest BCUT2D eigenvalue weighted by Crippen LogP contribution is 2.20. The van der Waals surface area contributed by atoms with Crippen LogP contribution in [0.4, 0.5) is 5.69 Å². The van der Waals surface area contributed by atoms with Gasteiger partial charge in [-0.2, -0.15) is 0 Å². The number of aromatic nitrogens is 2. The average molecular weight is 293 g/mol. The Labute approximate surface area is 120 Å². The zero-order valence-electron chi connectivity index (χ0n) is 10.8. The number of carbonyl (C=O) groups is 1. The van der Waals surface area contributed by atoms with Crippen LogP contribution < -0.4 is 5.32 Å². The molecule has 0 fully saturated rings. The Balaban J connectivity index is 1.84. The Bertz CT molecular complexity index is 523.